The highest BCUT2D eigenvalue weighted by Crippen LogP contribution is 2.29. The zero-order valence-corrected chi connectivity index (χ0v) is 11.9. The number of anilines is 1. The van der Waals surface area contributed by atoms with E-state index in [1.165, 1.54) is 22.5 Å². The third-order valence-corrected chi connectivity index (χ3v) is 4.86. The van der Waals surface area contributed by atoms with Crippen molar-refractivity contribution in [2.75, 3.05) is 25.5 Å². The molecule has 8 heteroatoms. The minimum Gasteiger partial charge on any atom is -0.388 e. The number of benzene rings is 1. The third-order valence-electron chi connectivity index (χ3n) is 2.77. The zero-order chi connectivity index (χ0) is 14.6. The Hall–Kier alpha value is -1.67. The standard InChI is InChI=1S/C11H17N3O4S/c1-4-13(5-2)19(17,18)11-7-6-9(12-3)8-10(11)14(15)16/h6-8,12H,4-5H2,1-3H3. The fraction of sp³-hybridized carbons (Fsp3) is 0.455. The first-order valence-corrected chi connectivity index (χ1v) is 7.28. The number of nitro groups is 1. The Kier molecular flexibility index (Phi) is 4.84. The Morgan fingerprint density at radius 3 is 2.32 bits per heavy atom. The second kappa shape index (κ2) is 5.98. The van der Waals surface area contributed by atoms with Gasteiger partial charge in [0.1, 0.15) is 0 Å². The molecule has 1 rings (SSSR count). The zero-order valence-electron chi connectivity index (χ0n) is 11.1. The number of nitrogens with one attached hydrogen (secondary N) is 1. The van der Waals surface area contributed by atoms with Crippen LogP contribution in [0.15, 0.2) is 23.1 Å². The molecule has 1 aromatic rings. The van der Waals surface area contributed by atoms with E-state index < -0.39 is 20.6 Å². The van der Waals surface area contributed by atoms with Crippen LogP contribution in [0.2, 0.25) is 0 Å². The molecule has 0 radical (unpaired) electrons. The monoisotopic (exact) mass is 287 g/mol. The molecule has 19 heavy (non-hydrogen) atoms. The van der Waals surface area contributed by atoms with Gasteiger partial charge in [-0.2, -0.15) is 4.31 Å². The molecular weight excluding hydrogens is 270 g/mol. The van der Waals surface area contributed by atoms with Gasteiger partial charge in [0.25, 0.3) is 5.69 Å². The number of hydrogen-bond acceptors (Lipinski definition) is 5. The maximum absolute atomic E-state index is 12.3. The maximum Gasteiger partial charge on any atom is 0.291 e. The van der Waals surface area contributed by atoms with Gasteiger partial charge in [-0.25, -0.2) is 8.42 Å². The van der Waals surface area contributed by atoms with E-state index in [2.05, 4.69) is 5.32 Å². The van der Waals surface area contributed by atoms with Crippen molar-refractivity contribution in [1.29, 1.82) is 0 Å². The third kappa shape index (κ3) is 3.02. The Balaban J connectivity index is 3.46. The molecule has 0 aromatic heterocycles. The van der Waals surface area contributed by atoms with Gasteiger partial charge in [-0.3, -0.25) is 10.1 Å². The van der Waals surface area contributed by atoms with Gasteiger partial charge < -0.3 is 5.32 Å². The molecule has 0 aliphatic rings. The molecule has 0 fully saturated rings. The molecule has 1 aromatic carbocycles. The highest BCUT2D eigenvalue weighted by molar-refractivity contribution is 7.89. The van der Waals surface area contributed by atoms with Gasteiger partial charge in [-0.05, 0) is 12.1 Å². The minimum atomic E-state index is -3.84. The van der Waals surface area contributed by atoms with E-state index in [0.29, 0.717) is 5.69 Å². The molecule has 0 bridgehead atoms. The van der Waals surface area contributed by atoms with E-state index >= 15 is 0 Å². The second-order valence-electron chi connectivity index (χ2n) is 3.78. The lowest BCUT2D eigenvalue weighted by Gasteiger charge is -2.18. The van der Waals surface area contributed by atoms with Crippen LogP contribution in [0.3, 0.4) is 0 Å². The van der Waals surface area contributed by atoms with Crippen LogP contribution in [0, 0.1) is 10.1 Å². The van der Waals surface area contributed by atoms with E-state index in [9.17, 15) is 18.5 Å². The summed E-state index contributed by atoms with van der Waals surface area (Å²) in [5.74, 6) is 0. The fourth-order valence-electron chi connectivity index (χ4n) is 1.74. The predicted molar refractivity (Wildman–Crippen MR) is 72.7 cm³/mol. The first-order chi connectivity index (χ1) is 8.88. The summed E-state index contributed by atoms with van der Waals surface area (Å²) >= 11 is 0. The lowest BCUT2D eigenvalue weighted by Crippen LogP contribution is -2.31. The Morgan fingerprint density at radius 2 is 1.89 bits per heavy atom. The molecule has 0 aliphatic heterocycles. The lowest BCUT2D eigenvalue weighted by molar-refractivity contribution is -0.387. The van der Waals surface area contributed by atoms with Gasteiger partial charge in [-0.1, -0.05) is 13.8 Å². The summed E-state index contributed by atoms with van der Waals surface area (Å²) < 4.78 is 25.8. The van der Waals surface area contributed by atoms with Crippen molar-refractivity contribution < 1.29 is 13.3 Å². The van der Waals surface area contributed by atoms with Crippen molar-refractivity contribution in [3.63, 3.8) is 0 Å². The highest BCUT2D eigenvalue weighted by atomic mass is 32.2. The minimum absolute atomic E-state index is 0.268. The topological polar surface area (TPSA) is 92.6 Å². The number of sulfonamides is 1. The fourth-order valence-corrected chi connectivity index (χ4v) is 3.33. The second-order valence-corrected chi connectivity index (χ2v) is 5.69. The Labute approximate surface area is 112 Å². The summed E-state index contributed by atoms with van der Waals surface area (Å²) in [7, 11) is -2.23. The largest absolute Gasteiger partial charge is 0.388 e. The molecule has 0 saturated carbocycles. The van der Waals surface area contributed by atoms with Crippen molar-refractivity contribution in [3.05, 3.63) is 28.3 Å². The SMILES string of the molecule is CCN(CC)S(=O)(=O)c1ccc(NC)cc1[N+](=O)[O-]. The van der Waals surface area contributed by atoms with Crippen molar-refractivity contribution in [3.8, 4) is 0 Å². The van der Waals surface area contributed by atoms with Crippen molar-refractivity contribution in [2.45, 2.75) is 18.7 Å². The number of rotatable bonds is 6. The number of hydrogen-bond donors (Lipinski definition) is 1. The summed E-state index contributed by atoms with van der Waals surface area (Å²) in [5, 5.41) is 13.8. The van der Waals surface area contributed by atoms with E-state index in [0.717, 1.165) is 0 Å². The molecule has 0 atom stereocenters. The van der Waals surface area contributed by atoms with Crippen LogP contribution in [-0.2, 0) is 10.0 Å². The van der Waals surface area contributed by atoms with E-state index in [4.69, 9.17) is 0 Å². The molecule has 0 heterocycles. The van der Waals surface area contributed by atoms with E-state index in [-0.39, 0.29) is 18.0 Å². The van der Waals surface area contributed by atoms with Gasteiger partial charge in [0.2, 0.25) is 10.0 Å². The van der Waals surface area contributed by atoms with E-state index in [1.54, 1.807) is 20.9 Å². The van der Waals surface area contributed by atoms with Crippen LogP contribution in [0.25, 0.3) is 0 Å². The molecule has 0 unspecified atom stereocenters. The van der Waals surface area contributed by atoms with Crippen LogP contribution in [-0.4, -0.2) is 37.8 Å². The molecule has 7 nitrogen and oxygen atoms in total. The Morgan fingerprint density at radius 1 is 1.32 bits per heavy atom. The van der Waals surface area contributed by atoms with Gasteiger partial charge in [-0.15, -0.1) is 0 Å². The predicted octanol–water partition coefficient (Wildman–Crippen LogP) is 1.67. The molecule has 0 spiro atoms. The molecule has 0 amide bonds. The first-order valence-electron chi connectivity index (χ1n) is 5.84. The number of nitrogens with zero attached hydrogens (tertiary/aromatic N) is 2. The summed E-state index contributed by atoms with van der Waals surface area (Å²) in [6, 6.07) is 3.98. The number of nitro benzene ring substituents is 1. The van der Waals surface area contributed by atoms with E-state index in [1.807, 2.05) is 0 Å². The van der Waals surface area contributed by atoms with Crippen LogP contribution < -0.4 is 5.32 Å². The first kappa shape index (κ1) is 15.4. The Bertz CT molecular complexity index is 567. The van der Waals surface area contributed by atoms with Crippen molar-refractivity contribution >= 4 is 21.4 Å². The maximum atomic E-state index is 12.3. The summed E-state index contributed by atoms with van der Waals surface area (Å²) in [4.78, 5) is 10.1. The molecule has 1 N–H and O–H groups in total. The highest BCUT2D eigenvalue weighted by Gasteiger charge is 2.30. The summed E-state index contributed by atoms with van der Waals surface area (Å²) in [6.07, 6.45) is 0. The van der Waals surface area contributed by atoms with Crippen LogP contribution in [0.5, 0.6) is 0 Å². The van der Waals surface area contributed by atoms with Gasteiger partial charge in [0.05, 0.1) is 4.92 Å². The van der Waals surface area contributed by atoms with Gasteiger partial charge in [0.15, 0.2) is 4.90 Å². The summed E-state index contributed by atoms with van der Waals surface area (Å²) in [6.45, 7) is 3.91. The van der Waals surface area contributed by atoms with Crippen LogP contribution in [0.4, 0.5) is 11.4 Å². The quantitative estimate of drug-likeness (QED) is 0.634. The average molecular weight is 287 g/mol. The molecule has 0 saturated heterocycles. The smallest absolute Gasteiger partial charge is 0.291 e. The van der Waals surface area contributed by atoms with Crippen molar-refractivity contribution in [2.24, 2.45) is 0 Å². The summed E-state index contributed by atoms with van der Waals surface area (Å²) in [5.41, 5.74) is 0.0731. The van der Waals surface area contributed by atoms with Crippen LogP contribution >= 0.6 is 0 Å². The molecule has 0 aliphatic carbocycles. The van der Waals surface area contributed by atoms with Crippen LogP contribution in [0.1, 0.15) is 13.8 Å². The lowest BCUT2D eigenvalue weighted by atomic mass is 10.3. The van der Waals surface area contributed by atoms with Gasteiger partial charge >= 0.3 is 0 Å². The van der Waals surface area contributed by atoms with Gasteiger partial charge in [0, 0.05) is 31.9 Å². The average Bonchev–Trinajstić information content (AvgIpc) is 2.38. The molecular formula is C11H17N3O4S. The normalized spacial score (nSPS) is 11.6. The van der Waals surface area contributed by atoms with Crippen molar-refractivity contribution in [1.82, 2.24) is 4.31 Å². The molecule has 106 valence electrons.